The number of ether oxygens (including phenoxy) is 2. The fraction of sp³-hybridized carbons (Fsp3) is 0.263. The molecular weight excluding hydrogens is 339 g/mol. The van der Waals surface area contributed by atoms with E-state index in [1.807, 2.05) is 0 Å². The number of fused-ring (bicyclic) bond motifs is 1. The third-order valence-electron chi connectivity index (χ3n) is 4.34. The quantitative estimate of drug-likeness (QED) is 0.911. The SMILES string of the molecule is CC[C@@H]1C(=O)Nc2ccc(F)cc2N1C(=O)c1ccc(OC)cc1OC. The number of hydrogen-bond donors (Lipinski definition) is 1. The molecule has 1 aliphatic rings. The maximum absolute atomic E-state index is 13.8. The summed E-state index contributed by atoms with van der Waals surface area (Å²) in [6, 6.07) is 7.97. The second kappa shape index (κ2) is 7.03. The number of nitrogens with one attached hydrogen (secondary N) is 1. The Balaban J connectivity index is 2.13. The molecule has 0 aromatic heterocycles. The molecule has 0 aliphatic carbocycles. The van der Waals surface area contributed by atoms with E-state index in [4.69, 9.17) is 9.47 Å². The molecule has 6 nitrogen and oxygen atoms in total. The normalized spacial score (nSPS) is 15.9. The second-order valence-electron chi connectivity index (χ2n) is 5.82. The zero-order valence-corrected chi connectivity index (χ0v) is 14.7. The van der Waals surface area contributed by atoms with E-state index in [0.29, 0.717) is 29.3 Å². The first-order valence-corrected chi connectivity index (χ1v) is 8.16. The molecule has 1 N–H and O–H groups in total. The maximum Gasteiger partial charge on any atom is 0.262 e. The summed E-state index contributed by atoms with van der Waals surface area (Å²) in [5.41, 5.74) is 0.970. The molecule has 3 rings (SSSR count). The van der Waals surface area contributed by atoms with Crippen molar-refractivity contribution in [3.05, 3.63) is 47.8 Å². The number of amides is 2. The molecular formula is C19H19FN2O4. The maximum atomic E-state index is 13.8. The van der Waals surface area contributed by atoms with Crippen molar-refractivity contribution in [2.24, 2.45) is 0 Å². The zero-order valence-electron chi connectivity index (χ0n) is 14.7. The molecule has 0 spiro atoms. The first-order chi connectivity index (χ1) is 12.5. The minimum atomic E-state index is -0.747. The average Bonchev–Trinajstić information content (AvgIpc) is 2.66. The Bertz CT molecular complexity index is 869. The number of carbonyl (C=O) groups is 2. The monoisotopic (exact) mass is 358 g/mol. The summed E-state index contributed by atoms with van der Waals surface area (Å²) in [4.78, 5) is 27.0. The summed E-state index contributed by atoms with van der Waals surface area (Å²) < 4.78 is 24.3. The zero-order chi connectivity index (χ0) is 18.8. The van der Waals surface area contributed by atoms with Gasteiger partial charge in [0.2, 0.25) is 5.91 Å². The second-order valence-corrected chi connectivity index (χ2v) is 5.82. The van der Waals surface area contributed by atoms with Gasteiger partial charge in [-0.3, -0.25) is 14.5 Å². The number of benzene rings is 2. The van der Waals surface area contributed by atoms with Gasteiger partial charge in [0.25, 0.3) is 5.91 Å². The Morgan fingerprint density at radius 3 is 2.62 bits per heavy atom. The van der Waals surface area contributed by atoms with E-state index in [9.17, 15) is 14.0 Å². The van der Waals surface area contributed by atoms with Gasteiger partial charge in [-0.1, -0.05) is 6.92 Å². The van der Waals surface area contributed by atoms with Crippen molar-refractivity contribution in [2.75, 3.05) is 24.4 Å². The number of methoxy groups -OCH3 is 2. The first kappa shape index (κ1) is 17.7. The molecule has 2 amide bonds. The highest BCUT2D eigenvalue weighted by Crippen LogP contribution is 2.36. The smallest absolute Gasteiger partial charge is 0.262 e. The van der Waals surface area contributed by atoms with Crippen molar-refractivity contribution in [3.63, 3.8) is 0 Å². The number of rotatable bonds is 4. The summed E-state index contributed by atoms with van der Waals surface area (Å²) in [5, 5.41) is 2.72. The molecule has 26 heavy (non-hydrogen) atoms. The largest absolute Gasteiger partial charge is 0.497 e. The summed E-state index contributed by atoms with van der Waals surface area (Å²) in [5.74, 6) is -0.402. The van der Waals surface area contributed by atoms with E-state index in [1.165, 1.54) is 37.3 Å². The van der Waals surface area contributed by atoms with Gasteiger partial charge in [0, 0.05) is 6.07 Å². The Morgan fingerprint density at radius 1 is 1.19 bits per heavy atom. The van der Waals surface area contributed by atoms with E-state index in [0.717, 1.165) is 0 Å². The van der Waals surface area contributed by atoms with Crippen LogP contribution in [0.5, 0.6) is 11.5 Å². The van der Waals surface area contributed by atoms with Crippen LogP contribution in [-0.4, -0.2) is 32.1 Å². The predicted molar refractivity (Wildman–Crippen MR) is 95.5 cm³/mol. The van der Waals surface area contributed by atoms with E-state index >= 15 is 0 Å². The van der Waals surface area contributed by atoms with Crippen molar-refractivity contribution < 1.29 is 23.5 Å². The number of halogens is 1. The molecule has 0 saturated carbocycles. The van der Waals surface area contributed by atoms with Gasteiger partial charge in [-0.2, -0.15) is 0 Å². The minimum Gasteiger partial charge on any atom is -0.497 e. The summed E-state index contributed by atoms with van der Waals surface area (Å²) in [6.07, 6.45) is 0.381. The lowest BCUT2D eigenvalue weighted by molar-refractivity contribution is -0.117. The van der Waals surface area contributed by atoms with Crippen LogP contribution in [-0.2, 0) is 4.79 Å². The highest BCUT2D eigenvalue weighted by atomic mass is 19.1. The van der Waals surface area contributed by atoms with E-state index < -0.39 is 17.8 Å². The first-order valence-electron chi connectivity index (χ1n) is 8.16. The predicted octanol–water partition coefficient (Wildman–Crippen LogP) is 3.22. The minimum absolute atomic E-state index is 0.261. The fourth-order valence-corrected chi connectivity index (χ4v) is 3.03. The van der Waals surface area contributed by atoms with Crippen molar-refractivity contribution in [1.29, 1.82) is 0 Å². The molecule has 0 saturated heterocycles. The van der Waals surface area contributed by atoms with Crippen LogP contribution in [0, 0.1) is 5.82 Å². The van der Waals surface area contributed by atoms with Crippen LogP contribution in [0.25, 0.3) is 0 Å². The highest BCUT2D eigenvalue weighted by Gasteiger charge is 2.37. The standard InChI is InChI=1S/C19H19FN2O4/c1-4-15-18(23)21-14-8-5-11(20)9-16(14)22(15)19(24)13-7-6-12(25-2)10-17(13)26-3/h5-10,15H,4H2,1-3H3,(H,21,23)/t15-/m1/s1. The van der Waals surface area contributed by atoms with Crippen LogP contribution < -0.4 is 19.7 Å². The number of hydrogen-bond acceptors (Lipinski definition) is 4. The van der Waals surface area contributed by atoms with E-state index in [-0.39, 0.29) is 11.5 Å². The van der Waals surface area contributed by atoms with Gasteiger partial charge in [-0.05, 0) is 36.8 Å². The number of carbonyl (C=O) groups excluding carboxylic acids is 2. The van der Waals surface area contributed by atoms with Crippen LogP contribution >= 0.6 is 0 Å². The van der Waals surface area contributed by atoms with Crippen LogP contribution in [0.1, 0.15) is 23.7 Å². The number of anilines is 2. The van der Waals surface area contributed by atoms with Gasteiger partial charge in [0.05, 0.1) is 31.2 Å². The van der Waals surface area contributed by atoms with Crippen LogP contribution in [0.3, 0.4) is 0 Å². The lowest BCUT2D eigenvalue weighted by Gasteiger charge is -2.36. The molecule has 1 atom stereocenters. The highest BCUT2D eigenvalue weighted by molar-refractivity contribution is 6.17. The van der Waals surface area contributed by atoms with Gasteiger partial charge in [0.1, 0.15) is 23.4 Å². The summed E-state index contributed by atoms with van der Waals surface area (Å²) >= 11 is 0. The average molecular weight is 358 g/mol. The number of nitrogens with zero attached hydrogens (tertiary/aromatic N) is 1. The lowest BCUT2D eigenvalue weighted by atomic mass is 10.0. The van der Waals surface area contributed by atoms with Gasteiger partial charge < -0.3 is 14.8 Å². The Labute approximate surface area is 150 Å². The molecule has 1 aliphatic heterocycles. The topological polar surface area (TPSA) is 67.9 Å². The van der Waals surface area contributed by atoms with Gasteiger partial charge in [-0.25, -0.2) is 4.39 Å². The van der Waals surface area contributed by atoms with Crippen molar-refractivity contribution in [1.82, 2.24) is 0 Å². The van der Waals surface area contributed by atoms with Gasteiger partial charge in [0.15, 0.2) is 0 Å². The van der Waals surface area contributed by atoms with Crippen molar-refractivity contribution in [3.8, 4) is 11.5 Å². The Morgan fingerprint density at radius 2 is 1.96 bits per heavy atom. The third-order valence-corrected chi connectivity index (χ3v) is 4.34. The summed E-state index contributed by atoms with van der Waals surface area (Å²) in [6.45, 7) is 1.79. The van der Waals surface area contributed by atoms with E-state index in [1.54, 1.807) is 25.1 Å². The van der Waals surface area contributed by atoms with Gasteiger partial charge in [-0.15, -0.1) is 0 Å². The molecule has 1 heterocycles. The molecule has 2 aromatic rings. The van der Waals surface area contributed by atoms with Crippen molar-refractivity contribution in [2.45, 2.75) is 19.4 Å². The van der Waals surface area contributed by atoms with Crippen LogP contribution in [0.2, 0.25) is 0 Å². The van der Waals surface area contributed by atoms with E-state index in [2.05, 4.69) is 5.32 Å². The Kier molecular flexibility index (Phi) is 4.79. The lowest BCUT2D eigenvalue weighted by Crippen LogP contribution is -2.50. The fourth-order valence-electron chi connectivity index (χ4n) is 3.03. The van der Waals surface area contributed by atoms with Gasteiger partial charge >= 0.3 is 0 Å². The summed E-state index contributed by atoms with van der Waals surface area (Å²) in [7, 11) is 2.96. The molecule has 7 heteroatoms. The molecule has 0 bridgehead atoms. The third kappa shape index (κ3) is 2.96. The molecule has 2 aromatic carbocycles. The molecule has 0 radical (unpaired) electrons. The van der Waals surface area contributed by atoms with Crippen LogP contribution in [0.4, 0.5) is 15.8 Å². The van der Waals surface area contributed by atoms with Crippen molar-refractivity contribution >= 4 is 23.2 Å². The Hall–Kier alpha value is -3.09. The molecule has 0 unspecified atom stereocenters. The molecule has 0 fully saturated rings. The van der Waals surface area contributed by atoms with Crippen LogP contribution in [0.15, 0.2) is 36.4 Å². The molecule has 136 valence electrons.